The first kappa shape index (κ1) is 26.0. The predicted molar refractivity (Wildman–Crippen MR) is 199 cm³/mol. The average molecular weight is 613 g/mol. The van der Waals surface area contributed by atoms with Crippen molar-refractivity contribution in [3.05, 3.63) is 180 Å². The van der Waals surface area contributed by atoms with E-state index in [1.54, 1.807) is 0 Å². The highest BCUT2D eigenvalue weighted by Crippen LogP contribution is 2.52. The van der Waals surface area contributed by atoms with Crippen molar-refractivity contribution in [2.24, 2.45) is 0 Å². The monoisotopic (exact) mass is 612 g/mol. The van der Waals surface area contributed by atoms with Crippen LogP contribution in [0.25, 0.3) is 71.6 Å². The van der Waals surface area contributed by atoms with E-state index >= 15 is 0 Å². The van der Waals surface area contributed by atoms with Crippen LogP contribution in [0.4, 0.5) is 5.69 Å². The molecule has 7 aromatic carbocycles. The molecule has 1 atom stereocenters. The summed E-state index contributed by atoms with van der Waals surface area (Å²) >= 11 is 0. The van der Waals surface area contributed by atoms with E-state index < -0.39 is 0 Å². The van der Waals surface area contributed by atoms with E-state index in [0.717, 1.165) is 0 Å². The van der Waals surface area contributed by atoms with Crippen LogP contribution in [0.1, 0.15) is 22.9 Å². The van der Waals surface area contributed by atoms with Crippen LogP contribution in [0.15, 0.2) is 164 Å². The molecule has 1 unspecified atom stereocenters. The van der Waals surface area contributed by atoms with Gasteiger partial charge in [-0.15, -0.1) is 0 Å². The number of nitrogens with two attached hydrogens (primary N) is 1. The van der Waals surface area contributed by atoms with Crippen molar-refractivity contribution in [1.29, 1.82) is 0 Å². The van der Waals surface area contributed by atoms with Gasteiger partial charge >= 0.3 is 0 Å². The fourth-order valence-electron chi connectivity index (χ4n) is 8.63. The number of benzene rings is 7. The van der Waals surface area contributed by atoms with Crippen LogP contribution in [0.5, 0.6) is 0 Å². The zero-order chi connectivity index (χ0) is 31.3. The highest BCUT2D eigenvalue weighted by molar-refractivity contribution is 6.19. The van der Waals surface area contributed by atoms with Gasteiger partial charge in [0.15, 0.2) is 6.17 Å². The van der Waals surface area contributed by atoms with E-state index in [1.165, 1.54) is 93.9 Å². The molecule has 0 fully saturated rings. The second kappa shape index (κ2) is 9.68. The SMILES string of the molecule is c1ccc(C2=C3c4cc(-c5ccc6c(c5)c5ccccc5n6-c5ccccc5)cc5c6ccccc6n(c45)C3[NH2+]c3ccccc32)cc1. The Kier molecular flexibility index (Phi) is 5.24. The second-order valence-electron chi connectivity index (χ2n) is 13.1. The molecule has 2 aromatic heterocycles. The van der Waals surface area contributed by atoms with E-state index in [0.29, 0.717) is 0 Å². The van der Waals surface area contributed by atoms with Gasteiger partial charge < -0.3 is 4.57 Å². The summed E-state index contributed by atoms with van der Waals surface area (Å²) in [5.74, 6) is 0. The van der Waals surface area contributed by atoms with E-state index in [9.17, 15) is 0 Å². The first-order valence-corrected chi connectivity index (χ1v) is 16.7. The van der Waals surface area contributed by atoms with Crippen molar-refractivity contribution >= 4 is 60.4 Å². The Morgan fingerprint density at radius 2 is 1.08 bits per heavy atom. The number of rotatable bonds is 3. The third kappa shape index (κ3) is 3.46. The molecule has 3 heteroatoms. The Morgan fingerprint density at radius 3 is 1.92 bits per heavy atom. The van der Waals surface area contributed by atoms with Gasteiger partial charge in [-0.1, -0.05) is 103 Å². The maximum Gasteiger partial charge on any atom is 0.198 e. The summed E-state index contributed by atoms with van der Waals surface area (Å²) in [7, 11) is 0. The minimum atomic E-state index is 0.120. The molecule has 0 radical (unpaired) electrons. The van der Waals surface area contributed by atoms with Gasteiger partial charge in [-0.3, -0.25) is 9.88 Å². The molecule has 9 aromatic rings. The van der Waals surface area contributed by atoms with Gasteiger partial charge in [0.25, 0.3) is 0 Å². The summed E-state index contributed by atoms with van der Waals surface area (Å²) in [6, 6.07) is 60.2. The fourth-order valence-corrected chi connectivity index (χ4v) is 8.63. The number of aromatic nitrogens is 2. The highest BCUT2D eigenvalue weighted by atomic mass is 15.2. The number of nitrogens with zero attached hydrogens (tertiary/aromatic N) is 2. The molecule has 0 aliphatic carbocycles. The molecule has 11 rings (SSSR count). The molecular formula is C45H30N3+. The summed E-state index contributed by atoms with van der Waals surface area (Å²) in [5.41, 5.74) is 16.7. The Balaban J connectivity index is 1.22. The lowest BCUT2D eigenvalue weighted by molar-refractivity contribution is -0.618. The molecule has 0 amide bonds. The van der Waals surface area contributed by atoms with Crippen molar-refractivity contribution in [2.45, 2.75) is 6.17 Å². The van der Waals surface area contributed by atoms with Crippen LogP contribution >= 0.6 is 0 Å². The third-order valence-electron chi connectivity index (χ3n) is 10.6. The van der Waals surface area contributed by atoms with E-state index in [-0.39, 0.29) is 6.17 Å². The van der Waals surface area contributed by atoms with Crippen molar-refractivity contribution < 1.29 is 5.32 Å². The Bertz CT molecular complexity index is 2800. The van der Waals surface area contributed by atoms with Gasteiger partial charge in [0.2, 0.25) is 0 Å². The maximum atomic E-state index is 2.59. The molecule has 0 saturated heterocycles. The van der Waals surface area contributed by atoms with Gasteiger partial charge in [0.1, 0.15) is 5.69 Å². The fraction of sp³-hybridized carbons (Fsp3) is 0.0222. The number of quaternary nitrogens is 1. The van der Waals surface area contributed by atoms with Crippen molar-refractivity contribution in [2.75, 3.05) is 0 Å². The first-order chi connectivity index (χ1) is 23.8. The molecule has 2 aliphatic rings. The lowest BCUT2D eigenvalue weighted by Crippen LogP contribution is -2.81. The van der Waals surface area contributed by atoms with Gasteiger partial charge in [0.05, 0.1) is 22.1 Å². The Hall–Kier alpha value is -6.16. The number of hydrogen-bond acceptors (Lipinski definition) is 0. The molecule has 0 spiro atoms. The first-order valence-electron chi connectivity index (χ1n) is 16.7. The van der Waals surface area contributed by atoms with Gasteiger partial charge in [-0.25, -0.2) is 0 Å². The van der Waals surface area contributed by atoms with Crippen LogP contribution in [-0.2, 0) is 0 Å². The van der Waals surface area contributed by atoms with Crippen LogP contribution < -0.4 is 5.32 Å². The number of hydrogen-bond donors (Lipinski definition) is 1. The van der Waals surface area contributed by atoms with Crippen LogP contribution in [0.3, 0.4) is 0 Å². The Morgan fingerprint density at radius 1 is 0.438 bits per heavy atom. The molecule has 0 bridgehead atoms. The molecule has 224 valence electrons. The maximum absolute atomic E-state index is 2.59. The van der Waals surface area contributed by atoms with Crippen LogP contribution in [0.2, 0.25) is 0 Å². The zero-order valence-corrected chi connectivity index (χ0v) is 26.1. The molecule has 3 nitrogen and oxygen atoms in total. The number of fused-ring (bicyclic) bond motifs is 10. The summed E-state index contributed by atoms with van der Waals surface area (Å²) < 4.78 is 4.98. The predicted octanol–water partition coefficient (Wildman–Crippen LogP) is 10.2. The van der Waals surface area contributed by atoms with Gasteiger partial charge in [-0.2, -0.15) is 0 Å². The summed E-state index contributed by atoms with van der Waals surface area (Å²) in [6.45, 7) is 0. The van der Waals surface area contributed by atoms with E-state index in [2.05, 4.69) is 178 Å². The molecule has 48 heavy (non-hydrogen) atoms. The van der Waals surface area contributed by atoms with Gasteiger partial charge in [0, 0.05) is 49.5 Å². The third-order valence-corrected chi connectivity index (χ3v) is 10.6. The smallest absolute Gasteiger partial charge is 0.198 e. The minimum Gasteiger partial charge on any atom is -0.309 e. The average Bonchev–Trinajstić information content (AvgIpc) is 3.79. The van der Waals surface area contributed by atoms with Crippen molar-refractivity contribution in [1.82, 2.24) is 9.13 Å². The molecular weight excluding hydrogens is 583 g/mol. The van der Waals surface area contributed by atoms with E-state index in [4.69, 9.17) is 0 Å². The number of para-hydroxylation sites is 4. The molecule has 2 aliphatic heterocycles. The summed E-state index contributed by atoms with van der Waals surface area (Å²) in [5, 5.41) is 7.65. The molecule has 2 N–H and O–H groups in total. The van der Waals surface area contributed by atoms with Gasteiger partial charge in [-0.05, 0) is 77.4 Å². The lowest BCUT2D eigenvalue weighted by atomic mass is 9.84. The van der Waals surface area contributed by atoms with Crippen LogP contribution in [0, 0.1) is 0 Å². The highest BCUT2D eigenvalue weighted by Gasteiger charge is 2.41. The molecule has 4 heterocycles. The normalized spacial score (nSPS) is 15.1. The van der Waals surface area contributed by atoms with Crippen molar-refractivity contribution in [3.63, 3.8) is 0 Å². The zero-order valence-electron chi connectivity index (χ0n) is 26.1. The van der Waals surface area contributed by atoms with E-state index in [1.807, 2.05) is 0 Å². The second-order valence-corrected chi connectivity index (χ2v) is 13.1. The summed E-state index contributed by atoms with van der Waals surface area (Å²) in [6.07, 6.45) is 0.120. The quantitative estimate of drug-likeness (QED) is 0.192. The topological polar surface area (TPSA) is 26.5 Å². The van der Waals surface area contributed by atoms with Crippen molar-refractivity contribution in [3.8, 4) is 16.8 Å². The summed E-state index contributed by atoms with van der Waals surface area (Å²) in [4.78, 5) is 0. The standard InChI is InChI=1S/C45H29N3/c1-3-13-28(14-4-1)42-34-19-7-10-20-38(34)46-45-43(42)37-27-30(26-36-33-18-9-12-22-40(33)48(45)44(36)37)29-23-24-41-35(25-29)32-17-8-11-21-39(32)47(41)31-15-5-2-6-16-31/h1-27,45-46H/p+1. The largest absolute Gasteiger partial charge is 0.309 e. The van der Waals surface area contributed by atoms with Crippen LogP contribution in [-0.4, -0.2) is 9.13 Å². The molecule has 0 saturated carbocycles. The lowest BCUT2D eigenvalue weighted by Gasteiger charge is -2.26. The Labute approximate surface area is 277 Å². The minimum absolute atomic E-state index is 0.120.